The number of hydrogen-bond acceptors (Lipinski definition) is 3. The molecule has 1 aromatic carbocycles. The summed E-state index contributed by atoms with van der Waals surface area (Å²) < 4.78 is 0. The Hall–Kier alpha value is -2.17. The number of rotatable bonds is 5. The summed E-state index contributed by atoms with van der Waals surface area (Å²) >= 11 is 0. The molecule has 0 spiro atoms. The van der Waals surface area contributed by atoms with E-state index in [2.05, 4.69) is 0 Å². The number of ketones is 1. The van der Waals surface area contributed by atoms with E-state index >= 15 is 0 Å². The molecule has 18 heavy (non-hydrogen) atoms. The SMILES string of the molecule is Cc1ccc(CN(C)C(=O)CC(=O)C(=O)O)cc1. The average Bonchev–Trinajstić information content (AvgIpc) is 2.31. The third-order valence-corrected chi connectivity index (χ3v) is 2.52. The Morgan fingerprint density at radius 1 is 1.17 bits per heavy atom. The van der Waals surface area contributed by atoms with E-state index in [1.807, 2.05) is 31.2 Å². The van der Waals surface area contributed by atoms with Crippen molar-refractivity contribution in [2.45, 2.75) is 19.9 Å². The average molecular weight is 249 g/mol. The summed E-state index contributed by atoms with van der Waals surface area (Å²) in [5, 5.41) is 8.41. The van der Waals surface area contributed by atoms with Crippen LogP contribution in [-0.2, 0) is 20.9 Å². The van der Waals surface area contributed by atoms with Crippen molar-refractivity contribution in [2.24, 2.45) is 0 Å². The molecule has 0 bridgehead atoms. The molecule has 0 aliphatic carbocycles. The first-order chi connectivity index (χ1) is 8.40. The van der Waals surface area contributed by atoms with Crippen molar-refractivity contribution in [1.82, 2.24) is 4.90 Å². The van der Waals surface area contributed by atoms with Crippen molar-refractivity contribution in [1.29, 1.82) is 0 Å². The molecule has 0 aliphatic heterocycles. The molecule has 0 atom stereocenters. The number of hydrogen-bond donors (Lipinski definition) is 1. The lowest BCUT2D eigenvalue weighted by Crippen LogP contribution is -2.30. The van der Waals surface area contributed by atoms with Gasteiger partial charge in [-0.2, -0.15) is 0 Å². The normalized spacial score (nSPS) is 9.89. The second-order valence-corrected chi connectivity index (χ2v) is 4.14. The Balaban J connectivity index is 2.57. The first-order valence-corrected chi connectivity index (χ1v) is 5.46. The van der Waals surface area contributed by atoms with Crippen LogP contribution in [0.2, 0.25) is 0 Å². The van der Waals surface area contributed by atoms with E-state index in [0.717, 1.165) is 11.1 Å². The van der Waals surface area contributed by atoms with Crippen LogP contribution < -0.4 is 0 Å². The summed E-state index contributed by atoms with van der Waals surface area (Å²) in [6, 6.07) is 7.63. The summed E-state index contributed by atoms with van der Waals surface area (Å²) in [5.41, 5.74) is 2.05. The lowest BCUT2D eigenvalue weighted by atomic mass is 10.1. The van der Waals surface area contributed by atoms with Gasteiger partial charge in [-0.3, -0.25) is 9.59 Å². The van der Waals surface area contributed by atoms with Crippen molar-refractivity contribution < 1.29 is 19.5 Å². The Morgan fingerprint density at radius 3 is 2.22 bits per heavy atom. The smallest absolute Gasteiger partial charge is 0.372 e. The molecule has 1 amide bonds. The molecule has 0 aromatic heterocycles. The Labute approximate surface area is 105 Å². The summed E-state index contributed by atoms with van der Waals surface area (Å²) in [7, 11) is 1.54. The number of Topliss-reactive ketones (excluding diaryl/α,β-unsaturated/α-hetero) is 1. The second kappa shape index (κ2) is 5.95. The Kier molecular flexibility index (Phi) is 4.59. The summed E-state index contributed by atoms with van der Waals surface area (Å²) in [6.45, 7) is 2.32. The molecule has 0 saturated carbocycles. The lowest BCUT2D eigenvalue weighted by Gasteiger charge is -2.16. The summed E-state index contributed by atoms with van der Waals surface area (Å²) in [5.74, 6) is -3.16. The number of amides is 1. The van der Waals surface area contributed by atoms with E-state index in [4.69, 9.17) is 5.11 Å². The maximum atomic E-state index is 11.6. The van der Waals surface area contributed by atoms with Gasteiger partial charge < -0.3 is 10.0 Å². The molecular formula is C13H15NO4. The number of carboxylic acid groups (broad SMARTS) is 1. The highest BCUT2D eigenvalue weighted by Crippen LogP contribution is 2.06. The van der Waals surface area contributed by atoms with Crippen molar-refractivity contribution in [2.75, 3.05) is 7.05 Å². The van der Waals surface area contributed by atoms with Crippen LogP contribution in [0.25, 0.3) is 0 Å². The van der Waals surface area contributed by atoms with Crippen LogP contribution >= 0.6 is 0 Å². The van der Waals surface area contributed by atoms with Crippen LogP contribution in [0.1, 0.15) is 17.5 Å². The predicted molar refractivity (Wildman–Crippen MR) is 64.9 cm³/mol. The quantitative estimate of drug-likeness (QED) is 0.624. The van der Waals surface area contributed by atoms with Gasteiger partial charge in [0.1, 0.15) is 0 Å². The van der Waals surface area contributed by atoms with E-state index in [9.17, 15) is 14.4 Å². The van der Waals surface area contributed by atoms with Crippen LogP contribution in [0.5, 0.6) is 0 Å². The number of aryl methyl sites for hydroxylation is 1. The zero-order chi connectivity index (χ0) is 13.7. The highest BCUT2D eigenvalue weighted by Gasteiger charge is 2.19. The van der Waals surface area contributed by atoms with Gasteiger partial charge in [0, 0.05) is 13.6 Å². The minimum atomic E-state index is -1.58. The van der Waals surface area contributed by atoms with Crippen molar-refractivity contribution >= 4 is 17.7 Å². The number of benzene rings is 1. The fourth-order valence-electron chi connectivity index (χ4n) is 1.40. The van der Waals surface area contributed by atoms with E-state index in [-0.39, 0.29) is 0 Å². The first-order valence-electron chi connectivity index (χ1n) is 5.46. The molecule has 0 fully saturated rings. The van der Waals surface area contributed by atoms with Gasteiger partial charge >= 0.3 is 5.97 Å². The van der Waals surface area contributed by atoms with Crippen LogP contribution in [0.15, 0.2) is 24.3 Å². The van der Waals surface area contributed by atoms with Gasteiger partial charge in [-0.1, -0.05) is 29.8 Å². The van der Waals surface area contributed by atoms with Gasteiger partial charge in [0.25, 0.3) is 0 Å². The number of nitrogens with zero attached hydrogens (tertiary/aromatic N) is 1. The molecule has 1 aromatic rings. The van der Waals surface area contributed by atoms with E-state index in [1.165, 1.54) is 11.9 Å². The Bertz CT molecular complexity index is 464. The minimum absolute atomic E-state index is 0.353. The Morgan fingerprint density at radius 2 is 1.72 bits per heavy atom. The molecule has 0 aliphatic rings. The molecule has 0 unspecified atom stereocenters. The third-order valence-electron chi connectivity index (χ3n) is 2.52. The second-order valence-electron chi connectivity index (χ2n) is 4.14. The van der Waals surface area contributed by atoms with Crippen LogP contribution in [-0.4, -0.2) is 34.7 Å². The number of aliphatic carboxylic acids is 1. The molecule has 0 radical (unpaired) electrons. The fourth-order valence-corrected chi connectivity index (χ4v) is 1.40. The van der Waals surface area contributed by atoms with Gasteiger partial charge in [-0.15, -0.1) is 0 Å². The third kappa shape index (κ3) is 4.01. The first kappa shape index (κ1) is 13.9. The van der Waals surface area contributed by atoms with Gasteiger partial charge in [-0.05, 0) is 12.5 Å². The lowest BCUT2D eigenvalue weighted by molar-refractivity contribution is -0.151. The van der Waals surface area contributed by atoms with Crippen LogP contribution in [0, 0.1) is 6.92 Å². The van der Waals surface area contributed by atoms with Gasteiger partial charge in [0.2, 0.25) is 11.7 Å². The van der Waals surface area contributed by atoms with Gasteiger partial charge in [0.05, 0.1) is 6.42 Å². The highest BCUT2D eigenvalue weighted by molar-refractivity contribution is 6.36. The van der Waals surface area contributed by atoms with Crippen molar-refractivity contribution in [3.8, 4) is 0 Å². The minimum Gasteiger partial charge on any atom is -0.475 e. The zero-order valence-electron chi connectivity index (χ0n) is 10.3. The summed E-state index contributed by atoms with van der Waals surface area (Å²) in [6.07, 6.45) is -0.600. The number of carboxylic acids is 1. The highest BCUT2D eigenvalue weighted by atomic mass is 16.4. The maximum Gasteiger partial charge on any atom is 0.372 e. The monoisotopic (exact) mass is 249 g/mol. The van der Waals surface area contributed by atoms with E-state index < -0.39 is 24.1 Å². The molecule has 1 rings (SSSR count). The molecular weight excluding hydrogens is 234 g/mol. The molecule has 5 heteroatoms. The number of carbonyl (C=O) groups excluding carboxylic acids is 2. The predicted octanol–water partition coefficient (Wildman–Crippen LogP) is 0.997. The molecule has 1 N–H and O–H groups in total. The molecule has 0 saturated heterocycles. The molecule has 0 heterocycles. The molecule has 5 nitrogen and oxygen atoms in total. The fraction of sp³-hybridized carbons (Fsp3) is 0.308. The van der Waals surface area contributed by atoms with Gasteiger partial charge in [0.15, 0.2) is 0 Å². The van der Waals surface area contributed by atoms with E-state index in [1.54, 1.807) is 0 Å². The topological polar surface area (TPSA) is 74.7 Å². The van der Waals surface area contributed by atoms with Crippen LogP contribution in [0.3, 0.4) is 0 Å². The number of carbonyl (C=O) groups is 3. The van der Waals surface area contributed by atoms with Crippen molar-refractivity contribution in [3.05, 3.63) is 35.4 Å². The largest absolute Gasteiger partial charge is 0.475 e. The zero-order valence-corrected chi connectivity index (χ0v) is 10.3. The van der Waals surface area contributed by atoms with Crippen molar-refractivity contribution in [3.63, 3.8) is 0 Å². The standard InChI is InChI=1S/C13H15NO4/c1-9-3-5-10(6-4-9)8-14(2)12(16)7-11(15)13(17)18/h3-6H,7-8H2,1-2H3,(H,17,18). The maximum absolute atomic E-state index is 11.6. The van der Waals surface area contributed by atoms with Gasteiger partial charge in [-0.25, -0.2) is 4.79 Å². The molecule has 96 valence electrons. The summed E-state index contributed by atoms with van der Waals surface area (Å²) in [4.78, 5) is 34.2. The van der Waals surface area contributed by atoms with Crippen LogP contribution in [0.4, 0.5) is 0 Å². The van der Waals surface area contributed by atoms with E-state index in [0.29, 0.717) is 6.54 Å².